The van der Waals surface area contributed by atoms with Crippen molar-refractivity contribution < 1.29 is 0 Å². The SMILES string of the molecule is Brc1cccc2c1sc1c(-n3c4ccccc4c4ccccc43)cccc12.Brc1cccc2c1sc1c(Br)cccc12.C.c1ccc2c(c1)Cc1ccccc1-2. The smallest absolute Gasteiger partial charge is 0.0640 e. The van der Waals surface area contributed by atoms with Crippen LogP contribution in [-0.4, -0.2) is 4.57 Å². The quantitative estimate of drug-likeness (QED) is 0.155. The van der Waals surface area contributed by atoms with Gasteiger partial charge in [0.2, 0.25) is 0 Å². The highest BCUT2D eigenvalue weighted by molar-refractivity contribution is 9.11. The van der Waals surface area contributed by atoms with Crippen LogP contribution in [0.5, 0.6) is 0 Å². The highest BCUT2D eigenvalue weighted by Gasteiger charge is 2.18. The lowest BCUT2D eigenvalue weighted by atomic mass is 10.1. The van der Waals surface area contributed by atoms with Crippen molar-refractivity contribution in [3.05, 3.63) is 194 Å². The number of nitrogens with zero attached hydrogens (tertiary/aromatic N) is 1. The minimum absolute atomic E-state index is 0. The molecule has 272 valence electrons. The molecule has 0 spiro atoms. The number of hydrogen-bond donors (Lipinski definition) is 0. The Morgan fingerprint density at radius 3 is 1.20 bits per heavy atom. The van der Waals surface area contributed by atoms with Gasteiger partial charge in [-0.1, -0.05) is 141 Å². The van der Waals surface area contributed by atoms with Crippen molar-refractivity contribution in [2.75, 3.05) is 0 Å². The number of aromatic nitrogens is 1. The fraction of sp³-hybridized carbons (Fsp3) is 0.0400. The number of rotatable bonds is 1. The summed E-state index contributed by atoms with van der Waals surface area (Å²) in [6.45, 7) is 0. The summed E-state index contributed by atoms with van der Waals surface area (Å²) < 4.78 is 11.2. The van der Waals surface area contributed by atoms with Crippen LogP contribution >= 0.6 is 70.5 Å². The fourth-order valence-electron chi connectivity index (χ4n) is 7.96. The Morgan fingerprint density at radius 1 is 0.357 bits per heavy atom. The van der Waals surface area contributed by atoms with Gasteiger partial charge in [0.1, 0.15) is 0 Å². The van der Waals surface area contributed by atoms with Crippen molar-refractivity contribution in [2.24, 2.45) is 0 Å². The van der Waals surface area contributed by atoms with Crippen molar-refractivity contribution in [2.45, 2.75) is 13.8 Å². The molecule has 12 rings (SSSR count). The van der Waals surface area contributed by atoms with Crippen molar-refractivity contribution in [3.8, 4) is 16.8 Å². The van der Waals surface area contributed by atoms with Gasteiger partial charge in [-0.3, -0.25) is 0 Å². The maximum absolute atomic E-state index is 3.73. The highest BCUT2D eigenvalue weighted by atomic mass is 79.9. The molecule has 1 aliphatic carbocycles. The van der Waals surface area contributed by atoms with Gasteiger partial charge in [-0.15, -0.1) is 22.7 Å². The van der Waals surface area contributed by atoms with Crippen molar-refractivity contribution in [1.82, 2.24) is 4.57 Å². The summed E-state index contributed by atoms with van der Waals surface area (Å²) in [5.41, 5.74) is 9.51. The van der Waals surface area contributed by atoms with E-state index in [1.807, 2.05) is 22.7 Å². The Labute approximate surface area is 359 Å². The minimum Gasteiger partial charge on any atom is -0.308 e. The summed E-state index contributed by atoms with van der Waals surface area (Å²) in [6.07, 6.45) is 1.10. The zero-order chi connectivity index (χ0) is 37.0. The normalized spacial score (nSPS) is 11.6. The van der Waals surface area contributed by atoms with Crippen LogP contribution in [0.2, 0.25) is 0 Å². The summed E-state index contributed by atoms with van der Waals surface area (Å²) in [4.78, 5) is 0. The summed E-state index contributed by atoms with van der Waals surface area (Å²) in [5, 5.41) is 7.87. The summed E-state index contributed by atoms with van der Waals surface area (Å²) in [5.74, 6) is 0. The predicted molar refractivity (Wildman–Crippen MR) is 258 cm³/mol. The van der Waals surface area contributed by atoms with E-state index in [9.17, 15) is 0 Å². The average Bonchev–Trinajstić information content (AvgIpc) is 3.99. The molecule has 0 saturated heterocycles. The highest BCUT2D eigenvalue weighted by Crippen LogP contribution is 2.44. The second-order valence-corrected chi connectivity index (χ2v) is 18.2. The molecule has 1 nitrogen and oxygen atoms in total. The molecular formula is C50H34Br3NS2. The van der Waals surface area contributed by atoms with Gasteiger partial charge in [0.05, 0.1) is 21.4 Å². The van der Waals surface area contributed by atoms with Crippen molar-refractivity contribution >= 4 is 133 Å². The van der Waals surface area contributed by atoms with Gasteiger partial charge in [-0.25, -0.2) is 0 Å². The molecule has 1 aliphatic rings. The third-order valence-corrected chi connectivity index (χ3v) is 15.7. The minimum atomic E-state index is 0. The maximum Gasteiger partial charge on any atom is 0.0640 e. The molecule has 0 amide bonds. The fourth-order valence-corrected chi connectivity index (χ4v) is 12.1. The van der Waals surface area contributed by atoms with Crippen LogP contribution < -0.4 is 0 Å². The Morgan fingerprint density at radius 2 is 0.714 bits per heavy atom. The van der Waals surface area contributed by atoms with Crippen LogP contribution in [0.3, 0.4) is 0 Å². The van der Waals surface area contributed by atoms with E-state index in [1.165, 1.54) is 99.0 Å². The monoisotopic (exact) mass is 949 g/mol. The second kappa shape index (κ2) is 15.4. The second-order valence-electron chi connectivity index (χ2n) is 13.6. The molecule has 0 N–H and O–H groups in total. The van der Waals surface area contributed by atoms with E-state index in [1.54, 1.807) is 0 Å². The molecule has 8 aromatic carbocycles. The number of thiophene rings is 2. The maximum atomic E-state index is 3.73. The Kier molecular flexibility index (Phi) is 10.2. The van der Waals surface area contributed by atoms with Gasteiger partial charge in [-0.05, 0) is 113 Å². The lowest BCUT2D eigenvalue weighted by Crippen LogP contribution is -1.93. The first-order chi connectivity index (χ1) is 27.0. The molecule has 3 aromatic heterocycles. The number of hydrogen-bond acceptors (Lipinski definition) is 2. The van der Waals surface area contributed by atoms with Crippen LogP contribution in [0.15, 0.2) is 183 Å². The molecule has 0 atom stereocenters. The van der Waals surface area contributed by atoms with Crippen LogP contribution in [0.4, 0.5) is 0 Å². The van der Waals surface area contributed by atoms with Gasteiger partial charge in [0, 0.05) is 59.8 Å². The average molecular weight is 953 g/mol. The largest absolute Gasteiger partial charge is 0.308 e. The molecule has 0 fully saturated rings. The van der Waals surface area contributed by atoms with Crippen LogP contribution in [0, 0.1) is 0 Å². The molecule has 0 saturated carbocycles. The molecule has 56 heavy (non-hydrogen) atoms. The number of halogens is 3. The number of benzene rings is 8. The molecule has 0 radical (unpaired) electrons. The summed E-state index contributed by atoms with van der Waals surface area (Å²) in [6, 6.07) is 60.5. The van der Waals surface area contributed by atoms with Gasteiger partial charge in [0.15, 0.2) is 0 Å². The van der Waals surface area contributed by atoms with E-state index in [4.69, 9.17) is 0 Å². The summed E-state index contributed by atoms with van der Waals surface area (Å²) >= 11 is 14.6. The Balaban J connectivity index is 0.000000119. The van der Waals surface area contributed by atoms with Gasteiger partial charge in [-0.2, -0.15) is 0 Å². The third kappa shape index (κ3) is 6.32. The van der Waals surface area contributed by atoms with Gasteiger partial charge >= 0.3 is 0 Å². The number of para-hydroxylation sites is 2. The lowest BCUT2D eigenvalue weighted by molar-refractivity contribution is 1.20. The Hall–Kier alpha value is -4.56. The standard InChI is InChI=1S/C24H14BrNS.C13H10.C12H6Br2S.CH4/c25-19-11-5-9-17-18-10-6-14-22(24(18)27-23(17)19)26-20-12-3-1-7-15(20)16-8-2-4-13-21(16)26;1-3-7-12-10(5-1)9-11-6-2-4-8-13(11)12;13-9-5-1-3-7-8-4-2-6-10(14)12(8)15-11(7)9;/h1-14H;1-8H,9H2;1-6H;1H4. The van der Waals surface area contributed by atoms with Gasteiger partial charge in [0.25, 0.3) is 0 Å². The molecule has 0 unspecified atom stereocenters. The van der Waals surface area contributed by atoms with Crippen molar-refractivity contribution in [1.29, 1.82) is 0 Å². The summed E-state index contributed by atoms with van der Waals surface area (Å²) in [7, 11) is 0. The zero-order valence-electron chi connectivity index (χ0n) is 29.3. The zero-order valence-corrected chi connectivity index (χ0v) is 35.7. The van der Waals surface area contributed by atoms with Crippen LogP contribution in [0.25, 0.3) is 79.0 Å². The first-order valence-electron chi connectivity index (χ1n) is 18.0. The van der Waals surface area contributed by atoms with E-state index in [0.717, 1.165) is 10.9 Å². The van der Waals surface area contributed by atoms with E-state index < -0.39 is 0 Å². The lowest BCUT2D eigenvalue weighted by Gasteiger charge is -2.09. The number of fused-ring (bicyclic) bond motifs is 12. The Bertz CT molecular complexity index is 3090. The first kappa shape index (κ1) is 37.0. The molecule has 0 aliphatic heterocycles. The molecule has 11 aromatic rings. The molecule has 0 bridgehead atoms. The van der Waals surface area contributed by atoms with Gasteiger partial charge < -0.3 is 4.57 Å². The van der Waals surface area contributed by atoms with E-state index in [2.05, 4.69) is 222 Å². The predicted octanol–water partition coefficient (Wildman–Crippen LogP) is 17.4. The molecule has 6 heteroatoms. The topological polar surface area (TPSA) is 4.93 Å². The van der Waals surface area contributed by atoms with E-state index in [-0.39, 0.29) is 7.43 Å². The van der Waals surface area contributed by atoms with Crippen LogP contribution in [0.1, 0.15) is 18.6 Å². The van der Waals surface area contributed by atoms with E-state index in [0.29, 0.717) is 0 Å². The van der Waals surface area contributed by atoms with Crippen molar-refractivity contribution in [3.63, 3.8) is 0 Å². The molecular weight excluding hydrogens is 918 g/mol. The van der Waals surface area contributed by atoms with E-state index >= 15 is 0 Å². The first-order valence-corrected chi connectivity index (χ1v) is 22.1. The van der Waals surface area contributed by atoms with Crippen LogP contribution in [-0.2, 0) is 6.42 Å². The third-order valence-electron chi connectivity index (χ3n) is 10.4. The molecule has 3 heterocycles.